The number of hydrogen-bond acceptors (Lipinski definition) is 4. The number of nitrogens with zero attached hydrogens (tertiary/aromatic N) is 2. The largest absolute Gasteiger partial charge is 0.366 e. The van der Waals surface area contributed by atoms with E-state index >= 15 is 0 Å². The van der Waals surface area contributed by atoms with Crippen molar-refractivity contribution in [1.82, 2.24) is 9.97 Å². The third-order valence-electron chi connectivity index (χ3n) is 3.28. The minimum Gasteiger partial charge on any atom is -0.366 e. The smallest absolute Gasteiger partial charge is 0.347 e. The zero-order chi connectivity index (χ0) is 14.7. The van der Waals surface area contributed by atoms with E-state index in [0.29, 0.717) is 12.4 Å². The van der Waals surface area contributed by atoms with Crippen molar-refractivity contribution in [3.63, 3.8) is 0 Å². The summed E-state index contributed by atoms with van der Waals surface area (Å²) in [4.78, 5) is 17.4. The summed E-state index contributed by atoms with van der Waals surface area (Å²) in [6.45, 7) is 6.76. The summed E-state index contributed by atoms with van der Waals surface area (Å²) in [6, 6.07) is 7.68. The first kappa shape index (κ1) is 13.8. The van der Waals surface area contributed by atoms with Gasteiger partial charge in [-0.3, -0.25) is 4.98 Å². The molecule has 0 atom stereocenters. The van der Waals surface area contributed by atoms with Gasteiger partial charge in [-0.05, 0) is 43.0 Å². The Morgan fingerprint density at radius 2 is 1.90 bits per heavy atom. The van der Waals surface area contributed by atoms with Crippen molar-refractivity contribution in [3.8, 4) is 6.07 Å². The van der Waals surface area contributed by atoms with E-state index < -0.39 is 5.69 Å². The summed E-state index contributed by atoms with van der Waals surface area (Å²) in [5.41, 5.74) is 4.49. The lowest BCUT2D eigenvalue weighted by atomic mass is 10.0. The van der Waals surface area contributed by atoms with Crippen molar-refractivity contribution < 1.29 is 0 Å². The maximum absolute atomic E-state index is 11.3. The molecular formula is C15H16N4O. The number of benzene rings is 1. The van der Waals surface area contributed by atoms with E-state index in [1.54, 1.807) is 0 Å². The lowest BCUT2D eigenvalue weighted by Gasteiger charge is -2.11. The van der Waals surface area contributed by atoms with Gasteiger partial charge in [0.25, 0.3) is 0 Å². The molecule has 0 aliphatic heterocycles. The molecule has 0 fully saturated rings. The highest BCUT2D eigenvalue weighted by atomic mass is 16.1. The lowest BCUT2D eigenvalue weighted by Crippen LogP contribution is -2.15. The summed E-state index contributed by atoms with van der Waals surface area (Å²) < 4.78 is 0. The summed E-state index contributed by atoms with van der Waals surface area (Å²) in [5, 5.41) is 11.9. The highest BCUT2D eigenvalue weighted by Gasteiger charge is 2.04. The van der Waals surface area contributed by atoms with E-state index in [-0.39, 0.29) is 5.69 Å². The van der Waals surface area contributed by atoms with E-state index in [4.69, 9.17) is 5.26 Å². The summed E-state index contributed by atoms with van der Waals surface area (Å²) in [6.07, 6.45) is 0. The fourth-order valence-corrected chi connectivity index (χ4v) is 2.00. The van der Waals surface area contributed by atoms with Crippen LogP contribution in [0.5, 0.6) is 0 Å². The van der Waals surface area contributed by atoms with Gasteiger partial charge in [0, 0.05) is 12.6 Å². The van der Waals surface area contributed by atoms with E-state index in [9.17, 15) is 4.79 Å². The van der Waals surface area contributed by atoms with Crippen molar-refractivity contribution in [2.24, 2.45) is 0 Å². The van der Waals surface area contributed by atoms with Crippen molar-refractivity contribution in [2.75, 3.05) is 5.32 Å². The van der Waals surface area contributed by atoms with Crippen LogP contribution in [0.2, 0.25) is 0 Å². The number of anilines is 1. The van der Waals surface area contributed by atoms with Crippen LogP contribution in [0.15, 0.2) is 23.0 Å². The first-order valence-corrected chi connectivity index (χ1v) is 6.31. The predicted octanol–water partition coefficient (Wildman–Crippen LogP) is 2.18. The van der Waals surface area contributed by atoms with Crippen LogP contribution in [-0.4, -0.2) is 9.97 Å². The molecule has 0 unspecified atom stereocenters. The van der Waals surface area contributed by atoms with Gasteiger partial charge in [0.1, 0.15) is 17.6 Å². The molecule has 2 N–H and O–H groups in total. The molecule has 0 radical (unpaired) electrons. The molecule has 0 bridgehead atoms. The monoisotopic (exact) mass is 268 g/mol. The van der Waals surface area contributed by atoms with Crippen LogP contribution in [0.25, 0.3) is 0 Å². The number of rotatable bonds is 3. The van der Waals surface area contributed by atoms with Gasteiger partial charge in [0.05, 0.1) is 0 Å². The predicted molar refractivity (Wildman–Crippen MR) is 77.6 cm³/mol. The van der Waals surface area contributed by atoms with Gasteiger partial charge in [0.15, 0.2) is 0 Å². The van der Waals surface area contributed by atoms with E-state index in [1.807, 2.05) is 6.07 Å². The van der Waals surface area contributed by atoms with Gasteiger partial charge in [-0.25, -0.2) is 4.79 Å². The van der Waals surface area contributed by atoms with Crippen LogP contribution in [0.1, 0.15) is 27.9 Å². The van der Waals surface area contributed by atoms with Gasteiger partial charge in [-0.2, -0.15) is 10.2 Å². The average Bonchev–Trinajstić information content (AvgIpc) is 2.40. The average molecular weight is 268 g/mol. The minimum absolute atomic E-state index is 0.198. The number of hydrogen-bond donors (Lipinski definition) is 2. The summed E-state index contributed by atoms with van der Waals surface area (Å²) in [7, 11) is 0. The fraction of sp³-hybridized carbons (Fsp3) is 0.267. The van der Waals surface area contributed by atoms with Gasteiger partial charge < -0.3 is 5.32 Å². The van der Waals surface area contributed by atoms with Crippen LogP contribution in [0.4, 0.5) is 5.82 Å². The maximum Gasteiger partial charge on any atom is 0.347 e. The van der Waals surface area contributed by atoms with Gasteiger partial charge in [-0.15, -0.1) is 0 Å². The molecule has 0 saturated heterocycles. The molecule has 2 rings (SSSR count). The van der Waals surface area contributed by atoms with Crippen LogP contribution in [0.3, 0.4) is 0 Å². The molecule has 1 aromatic carbocycles. The zero-order valence-corrected chi connectivity index (χ0v) is 11.7. The number of H-pyrrole nitrogens is 1. The first-order chi connectivity index (χ1) is 9.49. The molecular weight excluding hydrogens is 252 g/mol. The molecule has 5 heteroatoms. The van der Waals surface area contributed by atoms with Crippen LogP contribution < -0.4 is 11.0 Å². The van der Waals surface area contributed by atoms with Crippen molar-refractivity contribution in [3.05, 3.63) is 56.6 Å². The highest BCUT2D eigenvalue weighted by molar-refractivity contribution is 5.42. The second-order valence-corrected chi connectivity index (χ2v) is 4.81. The number of aromatic amines is 1. The Balaban J connectivity index is 2.21. The quantitative estimate of drug-likeness (QED) is 0.894. The van der Waals surface area contributed by atoms with Gasteiger partial charge in [-0.1, -0.05) is 12.1 Å². The minimum atomic E-state index is -0.525. The summed E-state index contributed by atoms with van der Waals surface area (Å²) in [5.74, 6) is 0.405. The topological polar surface area (TPSA) is 81.6 Å². The molecule has 20 heavy (non-hydrogen) atoms. The Kier molecular flexibility index (Phi) is 3.85. The Labute approximate surface area is 117 Å². The maximum atomic E-state index is 11.3. The molecule has 1 aromatic heterocycles. The normalized spacial score (nSPS) is 10.1. The second kappa shape index (κ2) is 5.57. The van der Waals surface area contributed by atoms with Crippen molar-refractivity contribution >= 4 is 5.82 Å². The molecule has 5 nitrogen and oxygen atoms in total. The van der Waals surface area contributed by atoms with Crippen molar-refractivity contribution in [1.29, 1.82) is 5.26 Å². The Morgan fingerprint density at radius 1 is 1.20 bits per heavy atom. The molecule has 2 aromatic rings. The SMILES string of the molecule is Cc1cc(C)c(CNc2cc(C#N)[nH]c(=O)n2)cc1C. The molecule has 102 valence electrons. The van der Waals surface area contributed by atoms with Crippen LogP contribution in [-0.2, 0) is 6.54 Å². The van der Waals surface area contributed by atoms with Crippen molar-refractivity contribution in [2.45, 2.75) is 27.3 Å². The number of nitrogens with one attached hydrogen (secondary N) is 2. The number of aromatic nitrogens is 2. The Hall–Kier alpha value is -2.61. The molecule has 0 saturated carbocycles. The molecule has 1 heterocycles. The van der Waals surface area contributed by atoms with E-state index in [1.165, 1.54) is 22.8 Å². The molecule has 0 amide bonds. The van der Waals surface area contributed by atoms with Gasteiger partial charge in [0.2, 0.25) is 0 Å². The number of nitriles is 1. The lowest BCUT2D eigenvalue weighted by molar-refractivity contribution is 1.01. The first-order valence-electron chi connectivity index (χ1n) is 6.31. The highest BCUT2D eigenvalue weighted by Crippen LogP contribution is 2.16. The number of aryl methyl sites for hydroxylation is 3. The molecule has 0 aliphatic carbocycles. The van der Waals surface area contributed by atoms with Crippen LogP contribution in [0, 0.1) is 32.1 Å². The Morgan fingerprint density at radius 3 is 2.60 bits per heavy atom. The standard InChI is InChI=1S/C15H16N4O/c1-9-4-11(3)12(5-10(9)2)8-17-14-6-13(7-16)18-15(20)19-14/h4-6H,8H2,1-3H3,(H2,17,18,19,20). The fourth-order valence-electron chi connectivity index (χ4n) is 2.00. The second-order valence-electron chi connectivity index (χ2n) is 4.81. The van der Waals surface area contributed by atoms with Gasteiger partial charge >= 0.3 is 5.69 Å². The third-order valence-corrected chi connectivity index (χ3v) is 3.28. The zero-order valence-electron chi connectivity index (χ0n) is 11.7. The van der Waals surface area contributed by atoms with E-state index in [0.717, 1.165) is 5.56 Å². The molecule has 0 aliphatic rings. The molecule has 0 spiro atoms. The van der Waals surface area contributed by atoms with Crippen LogP contribution >= 0.6 is 0 Å². The third kappa shape index (κ3) is 3.04. The summed E-state index contributed by atoms with van der Waals surface area (Å²) >= 11 is 0. The van der Waals surface area contributed by atoms with E-state index in [2.05, 4.69) is 48.2 Å². The Bertz CT molecular complexity index is 741.